The number of benzene rings is 1. The summed E-state index contributed by atoms with van der Waals surface area (Å²) in [6, 6.07) is 8.43. The lowest BCUT2D eigenvalue weighted by atomic mass is 10.1. The van der Waals surface area contributed by atoms with Crippen LogP contribution in [0.3, 0.4) is 0 Å². The van der Waals surface area contributed by atoms with Gasteiger partial charge in [-0.1, -0.05) is 6.07 Å². The van der Waals surface area contributed by atoms with Crippen LogP contribution in [-0.4, -0.2) is 56.1 Å². The standard InChI is InChI=1S/C15H20N4O3S/c1-18(23(2,21)22)14-6-8-19(9-7-14)15(20)17-13-5-3-4-12(10-13)11-16/h3-5,10,14H,6-9H2,1-2H3,(H,17,20). The first-order valence-electron chi connectivity index (χ1n) is 7.30. The third-order valence-electron chi connectivity index (χ3n) is 4.03. The minimum Gasteiger partial charge on any atom is -0.324 e. The molecule has 1 fully saturated rings. The molecule has 7 nitrogen and oxygen atoms in total. The SMILES string of the molecule is CN(C1CCN(C(=O)Nc2cccc(C#N)c2)CC1)S(C)(=O)=O. The monoisotopic (exact) mass is 336 g/mol. The normalized spacial score (nSPS) is 16.2. The van der Waals surface area contributed by atoms with E-state index in [2.05, 4.69) is 5.32 Å². The number of carbonyl (C=O) groups excluding carboxylic acids is 1. The van der Waals surface area contributed by atoms with Gasteiger partial charge >= 0.3 is 6.03 Å². The van der Waals surface area contributed by atoms with Crippen molar-refractivity contribution in [2.45, 2.75) is 18.9 Å². The van der Waals surface area contributed by atoms with Gasteiger partial charge in [-0.25, -0.2) is 17.5 Å². The van der Waals surface area contributed by atoms with Gasteiger partial charge in [-0.3, -0.25) is 0 Å². The number of sulfonamides is 1. The highest BCUT2D eigenvalue weighted by Gasteiger charge is 2.28. The molecule has 1 N–H and O–H groups in total. The van der Waals surface area contributed by atoms with Crippen LogP contribution in [-0.2, 0) is 10.0 Å². The van der Waals surface area contributed by atoms with Crippen molar-refractivity contribution >= 4 is 21.7 Å². The maximum absolute atomic E-state index is 12.2. The van der Waals surface area contributed by atoms with Gasteiger partial charge in [0.2, 0.25) is 10.0 Å². The summed E-state index contributed by atoms with van der Waals surface area (Å²) in [6.07, 6.45) is 2.40. The molecule has 0 atom stereocenters. The molecule has 0 bridgehead atoms. The molecule has 124 valence electrons. The van der Waals surface area contributed by atoms with E-state index in [-0.39, 0.29) is 12.1 Å². The molecule has 0 unspecified atom stereocenters. The number of amides is 2. The van der Waals surface area contributed by atoms with Crippen molar-refractivity contribution in [1.29, 1.82) is 5.26 Å². The zero-order chi connectivity index (χ0) is 17.0. The lowest BCUT2D eigenvalue weighted by Crippen LogP contribution is -2.48. The average Bonchev–Trinajstić information content (AvgIpc) is 2.53. The van der Waals surface area contributed by atoms with E-state index in [1.807, 2.05) is 6.07 Å². The van der Waals surface area contributed by atoms with Crippen molar-refractivity contribution in [3.05, 3.63) is 29.8 Å². The molecule has 0 spiro atoms. The van der Waals surface area contributed by atoms with Crippen molar-refractivity contribution in [2.24, 2.45) is 0 Å². The Kier molecular flexibility index (Phi) is 5.23. The molecule has 1 aromatic carbocycles. The third-order valence-corrected chi connectivity index (χ3v) is 5.38. The number of carbonyl (C=O) groups is 1. The maximum Gasteiger partial charge on any atom is 0.321 e. The van der Waals surface area contributed by atoms with Crippen LogP contribution < -0.4 is 5.32 Å². The predicted molar refractivity (Wildman–Crippen MR) is 87.4 cm³/mol. The number of urea groups is 1. The molecule has 0 saturated carbocycles. The second-order valence-electron chi connectivity index (χ2n) is 5.62. The fourth-order valence-electron chi connectivity index (χ4n) is 2.57. The third kappa shape index (κ3) is 4.43. The molecule has 0 radical (unpaired) electrons. The number of nitrogens with zero attached hydrogens (tertiary/aromatic N) is 3. The van der Waals surface area contributed by atoms with Crippen molar-refractivity contribution in [1.82, 2.24) is 9.21 Å². The Labute approximate surface area is 136 Å². The molecule has 1 aliphatic heterocycles. The maximum atomic E-state index is 12.2. The molecule has 1 aliphatic rings. The second kappa shape index (κ2) is 6.98. The van der Waals surface area contributed by atoms with Crippen LogP contribution in [0.4, 0.5) is 10.5 Å². The summed E-state index contributed by atoms with van der Waals surface area (Å²) in [5.74, 6) is 0. The smallest absolute Gasteiger partial charge is 0.321 e. The number of anilines is 1. The summed E-state index contributed by atoms with van der Waals surface area (Å²) in [6.45, 7) is 0.989. The summed E-state index contributed by atoms with van der Waals surface area (Å²) < 4.78 is 24.5. The van der Waals surface area contributed by atoms with E-state index in [1.54, 1.807) is 36.2 Å². The molecular weight excluding hydrogens is 316 g/mol. The van der Waals surface area contributed by atoms with Crippen LogP contribution in [0, 0.1) is 11.3 Å². The molecular formula is C15H20N4O3S. The van der Waals surface area contributed by atoms with E-state index in [0.29, 0.717) is 37.2 Å². The highest BCUT2D eigenvalue weighted by Crippen LogP contribution is 2.19. The van der Waals surface area contributed by atoms with Gasteiger partial charge < -0.3 is 10.2 Å². The molecule has 1 heterocycles. The molecule has 2 rings (SSSR count). The first kappa shape index (κ1) is 17.2. The highest BCUT2D eigenvalue weighted by molar-refractivity contribution is 7.88. The Morgan fingerprint density at radius 1 is 1.39 bits per heavy atom. The quantitative estimate of drug-likeness (QED) is 0.904. The minimum atomic E-state index is -3.21. The van der Waals surface area contributed by atoms with Crippen LogP contribution in [0.2, 0.25) is 0 Å². The van der Waals surface area contributed by atoms with E-state index in [4.69, 9.17) is 5.26 Å². The number of hydrogen-bond donors (Lipinski definition) is 1. The van der Waals surface area contributed by atoms with Crippen molar-refractivity contribution in [3.63, 3.8) is 0 Å². The number of hydrogen-bond acceptors (Lipinski definition) is 4. The van der Waals surface area contributed by atoms with Crippen LogP contribution >= 0.6 is 0 Å². The van der Waals surface area contributed by atoms with E-state index in [9.17, 15) is 13.2 Å². The zero-order valence-electron chi connectivity index (χ0n) is 13.2. The zero-order valence-corrected chi connectivity index (χ0v) is 14.0. The molecule has 8 heteroatoms. The van der Waals surface area contributed by atoms with Gasteiger partial charge in [0.25, 0.3) is 0 Å². The lowest BCUT2D eigenvalue weighted by Gasteiger charge is -2.35. The van der Waals surface area contributed by atoms with E-state index >= 15 is 0 Å². The van der Waals surface area contributed by atoms with E-state index in [1.165, 1.54) is 10.6 Å². The van der Waals surface area contributed by atoms with Crippen molar-refractivity contribution in [2.75, 3.05) is 31.7 Å². The fourth-order valence-corrected chi connectivity index (χ4v) is 3.32. The summed E-state index contributed by atoms with van der Waals surface area (Å²) >= 11 is 0. The van der Waals surface area contributed by atoms with Gasteiger partial charge in [0.05, 0.1) is 17.9 Å². The topological polar surface area (TPSA) is 93.5 Å². The van der Waals surface area contributed by atoms with Crippen molar-refractivity contribution in [3.8, 4) is 6.07 Å². The van der Waals surface area contributed by atoms with E-state index in [0.717, 1.165) is 0 Å². The lowest BCUT2D eigenvalue weighted by molar-refractivity contribution is 0.175. The Balaban J connectivity index is 1.92. The molecule has 23 heavy (non-hydrogen) atoms. The highest BCUT2D eigenvalue weighted by atomic mass is 32.2. The van der Waals surface area contributed by atoms with E-state index < -0.39 is 10.0 Å². The van der Waals surface area contributed by atoms with Crippen LogP contribution in [0.1, 0.15) is 18.4 Å². The number of likely N-dealkylation sites (tertiary alicyclic amines) is 1. The molecule has 1 saturated heterocycles. The molecule has 2 amide bonds. The summed E-state index contributed by atoms with van der Waals surface area (Å²) in [4.78, 5) is 13.9. The Morgan fingerprint density at radius 2 is 2.04 bits per heavy atom. The van der Waals surface area contributed by atoms with Gasteiger partial charge in [-0.15, -0.1) is 0 Å². The van der Waals surface area contributed by atoms with Gasteiger partial charge in [0.1, 0.15) is 0 Å². The van der Waals surface area contributed by atoms with Gasteiger partial charge in [0.15, 0.2) is 0 Å². The molecule has 0 aliphatic carbocycles. The van der Waals surface area contributed by atoms with Gasteiger partial charge in [-0.2, -0.15) is 5.26 Å². The fraction of sp³-hybridized carbons (Fsp3) is 0.467. The Morgan fingerprint density at radius 3 is 2.61 bits per heavy atom. The summed E-state index contributed by atoms with van der Waals surface area (Å²) in [5.41, 5.74) is 1.06. The number of piperidine rings is 1. The first-order chi connectivity index (χ1) is 10.8. The largest absolute Gasteiger partial charge is 0.324 e. The minimum absolute atomic E-state index is 0.0732. The van der Waals surface area contributed by atoms with Gasteiger partial charge in [0, 0.05) is 31.9 Å². The molecule has 0 aromatic heterocycles. The number of nitriles is 1. The average molecular weight is 336 g/mol. The Hall–Kier alpha value is -2.11. The Bertz CT molecular complexity index is 718. The molecule has 1 aromatic rings. The predicted octanol–water partition coefficient (Wildman–Crippen LogP) is 1.45. The number of rotatable bonds is 3. The summed E-state index contributed by atoms with van der Waals surface area (Å²) in [5, 5.41) is 11.6. The first-order valence-corrected chi connectivity index (χ1v) is 9.15. The summed E-state index contributed by atoms with van der Waals surface area (Å²) in [7, 11) is -1.64. The van der Waals surface area contributed by atoms with Crippen LogP contribution in [0.15, 0.2) is 24.3 Å². The van der Waals surface area contributed by atoms with Crippen LogP contribution in [0.5, 0.6) is 0 Å². The van der Waals surface area contributed by atoms with Crippen LogP contribution in [0.25, 0.3) is 0 Å². The van der Waals surface area contributed by atoms with Crippen molar-refractivity contribution < 1.29 is 13.2 Å². The number of nitrogens with one attached hydrogen (secondary N) is 1. The second-order valence-corrected chi connectivity index (χ2v) is 7.66. The van der Waals surface area contributed by atoms with Gasteiger partial charge in [-0.05, 0) is 31.0 Å².